The number of rotatable bonds is 9. The Hall–Kier alpha value is -4.06. The summed E-state index contributed by atoms with van der Waals surface area (Å²) >= 11 is 0. The fraction of sp³-hybridized carbons (Fsp3) is 0.528. The van der Waals surface area contributed by atoms with E-state index in [2.05, 4.69) is 36.1 Å². The molecule has 1 amide bonds. The molecule has 5 aliphatic rings. The third-order valence-electron chi connectivity index (χ3n) is 11.0. The second-order valence-corrected chi connectivity index (χ2v) is 14.1. The molecule has 9 nitrogen and oxygen atoms in total. The van der Waals surface area contributed by atoms with Gasteiger partial charge in [0.25, 0.3) is 5.91 Å². The van der Waals surface area contributed by atoms with Crippen LogP contribution in [0.5, 0.6) is 5.75 Å². The number of aromatic nitrogens is 2. The molecular weight excluding hydrogens is 619 g/mol. The number of aryl methyl sites for hydroxylation is 1. The van der Waals surface area contributed by atoms with Crippen LogP contribution in [0.2, 0.25) is 0 Å². The first-order valence-electron chi connectivity index (χ1n) is 17.1. The van der Waals surface area contributed by atoms with E-state index in [0.29, 0.717) is 23.0 Å². The zero-order chi connectivity index (χ0) is 33.6. The molecule has 4 aliphatic carbocycles. The van der Waals surface area contributed by atoms with Crippen molar-refractivity contribution in [2.24, 2.45) is 23.7 Å². The predicted octanol–water partition coefficient (Wildman–Crippen LogP) is 7.36. The zero-order valence-electron chi connectivity index (χ0n) is 27.7. The van der Waals surface area contributed by atoms with Gasteiger partial charge in [0, 0.05) is 50.2 Å². The van der Waals surface area contributed by atoms with E-state index in [1.807, 2.05) is 18.2 Å². The lowest BCUT2D eigenvalue weighted by atomic mass is 9.53. The third-order valence-corrected chi connectivity index (χ3v) is 11.0. The van der Waals surface area contributed by atoms with E-state index >= 15 is 0 Å². The monoisotopic (exact) mass is 663 g/mol. The molecule has 1 aliphatic heterocycles. The quantitative estimate of drug-likeness (QED) is 0.188. The van der Waals surface area contributed by atoms with Crippen molar-refractivity contribution in [1.82, 2.24) is 20.2 Å². The van der Waals surface area contributed by atoms with Gasteiger partial charge in [-0.15, -0.1) is 0 Å². The number of halogens is 3. The van der Waals surface area contributed by atoms with Gasteiger partial charge in [-0.2, -0.15) is 18.2 Å². The van der Waals surface area contributed by atoms with Gasteiger partial charge in [0.15, 0.2) is 0 Å². The van der Waals surface area contributed by atoms with Crippen LogP contribution in [-0.2, 0) is 6.18 Å². The molecule has 4 N–H and O–H groups in total. The molecule has 8 rings (SSSR count). The molecule has 48 heavy (non-hydrogen) atoms. The van der Waals surface area contributed by atoms with Gasteiger partial charge in [0.2, 0.25) is 5.95 Å². The Morgan fingerprint density at radius 3 is 2.33 bits per heavy atom. The Balaban J connectivity index is 1.04. The summed E-state index contributed by atoms with van der Waals surface area (Å²) in [5, 5.41) is 12.0. The number of ether oxygens (including phenoxy) is 1. The molecule has 0 atom stereocenters. The lowest BCUT2D eigenvalue weighted by molar-refractivity contribution is -0.137. The van der Waals surface area contributed by atoms with E-state index in [-0.39, 0.29) is 17.2 Å². The van der Waals surface area contributed by atoms with Crippen LogP contribution < -0.4 is 26.0 Å². The number of nitrogens with zero attached hydrogens (tertiary/aromatic N) is 3. The van der Waals surface area contributed by atoms with Crippen molar-refractivity contribution in [3.63, 3.8) is 0 Å². The maximum absolute atomic E-state index is 14.0. The largest absolute Gasteiger partial charge is 0.494 e. The first kappa shape index (κ1) is 32.5. The van der Waals surface area contributed by atoms with E-state index < -0.39 is 23.5 Å². The maximum Gasteiger partial charge on any atom is 0.421 e. The number of hydrogen-bond acceptors (Lipinski definition) is 8. The fourth-order valence-corrected chi connectivity index (χ4v) is 9.10. The molecule has 12 heteroatoms. The molecule has 2 heterocycles. The highest BCUT2D eigenvalue weighted by atomic mass is 19.4. The van der Waals surface area contributed by atoms with Crippen molar-refractivity contribution in [2.75, 3.05) is 43.2 Å². The van der Waals surface area contributed by atoms with Crippen LogP contribution in [0.25, 0.3) is 0 Å². The molecular formula is C36H44F3N7O2. The number of para-hydroxylation sites is 1. The molecule has 0 unspecified atom stereocenters. The number of nitrogens with one attached hydrogen (secondary N) is 4. The Morgan fingerprint density at radius 2 is 1.69 bits per heavy atom. The molecule has 3 aromatic rings. The smallest absolute Gasteiger partial charge is 0.421 e. The number of benzene rings is 2. The average Bonchev–Trinajstić information content (AvgIpc) is 3.06. The van der Waals surface area contributed by atoms with Crippen LogP contribution in [-0.4, -0.2) is 60.1 Å². The Morgan fingerprint density at radius 1 is 0.979 bits per heavy atom. The second kappa shape index (κ2) is 13.1. The summed E-state index contributed by atoms with van der Waals surface area (Å²) in [4.78, 5) is 23.4. The molecule has 4 bridgehead atoms. The van der Waals surface area contributed by atoms with Crippen molar-refractivity contribution in [3.05, 3.63) is 59.3 Å². The van der Waals surface area contributed by atoms with Gasteiger partial charge >= 0.3 is 6.18 Å². The van der Waals surface area contributed by atoms with Crippen LogP contribution in [0.1, 0.15) is 66.4 Å². The molecule has 1 aromatic heterocycles. The second-order valence-electron chi connectivity index (χ2n) is 14.1. The van der Waals surface area contributed by atoms with Gasteiger partial charge in [-0.1, -0.05) is 12.1 Å². The topological polar surface area (TPSA) is 103 Å². The Kier molecular flexibility index (Phi) is 8.86. The van der Waals surface area contributed by atoms with Gasteiger partial charge in [0.1, 0.15) is 17.1 Å². The summed E-state index contributed by atoms with van der Waals surface area (Å²) in [6.45, 7) is 3.95. The van der Waals surface area contributed by atoms with E-state index in [9.17, 15) is 18.0 Å². The van der Waals surface area contributed by atoms with Gasteiger partial charge < -0.3 is 26.0 Å². The fourth-order valence-electron chi connectivity index (χ4n) is 9.10. The standard InChI is InChI=1S/C36H44F3N7O2/c1-20-5-4-6-27(34(47)40-2)31(20)44-33-28(36(37,38)39)19-41-35(45-33)43-29-8-7-26(18-30(29)48-3)42-25-9-11-46(12-10-25)32-23-14-21-13-22(16-23)17-24(32)15-21/h4-8,18-19,21-25,32,42H,9-17H2,1-3H3,(H,40,47)(H2,41,43,44,45)/t21-,22?,23?,24?,32-. The summed E-state index contributed by atoms with van der Waals surface area (Å²) < 4.78 is 47.7. The first-order chi connectivity index (χ1) is 23.1. The molecule has 256 valence electrons. The van der Waals surface area contributed by atoms with E-state index in [1.54, 1.807) is 26.2 Å². The lowest BCUT2D eigenvalue weighted by Gasteiger charge is -2.58. The number of amides is 1. The van der Waals surface area contributed by atoms with E-state index in [4.69, 9.17) is 4.74 Å². The summed E-state index contributed by atoms with van der Waals surface area (Å²) in [6.07, 6.45) is 5.42. The summed E-state index contributed by atoms with van der Waals surface area (Å²) in [6, 6.07) is 11.7. The van der Waals surface area contributed by atoms with Crippen molar-refractivity contribution in [3.8, 4) is 5.75 Å². The molecule has 5 fully saturated rings. The Labute approximate surface area is 279 Å². The van der Waals surface area contributed by atoms with Crippen LogP contribution in [0.15, 0.2) is 42.6 Å². The minimum absolute atomic E-state index is 0.0586. The zero-order valence-corrected chi connectivity index (χ0v) is 27.7. The number of likely N-dealkylation sites (tertiary alicyclic amines) is 1. The van der Waals surface area contributed by atoms with Crippen molar-refractivity contribution in [2.45, 2.75) is 70.1 Å². The van der Waals surface area contributed by atoms with Crippen LogP contribution in [0.3, 0.4) is 0 Å². The molecule has 0 radical (unpaired) electrons. The van der Waals surface area contributed by atoms with Gasteiger partial charge in [-0.3, -0.25) is 9.69 Å². The number of anilines is 5. The number of methoxy groups -OCH3 is 1. The van der Waals surface area contributed by atoms with Gasteiger partial charge in [0.05, 0.1) is 24.0 Å². The number of piperidine rings is 1. The number of alkyl halides is 3. The number of carbonyl (C=O) groups excluding carboxylic acids is 1. The van der Waals surface area contributed by atoms with Gasteiger partial charge in [-0.05, 0) is 99.3 Å². The SMILES string of the molecule is CNC(=O)c1cccc(C)c1Nc1nc(Nc2ccc(NC3CCN([C@H]4C5CC6CC4C[C@@H](C6)C5)CC3)cc2OC)ncc1C(F)(F)F. The highest BCUT2D eigenvalue weighted by molar-refractivity contribution is 6.00. The molecule has 4 saturated carbocycles. The van der Waals surface area contributed by atoms with Crippen LogP contribution in [0.4, 0.5) is 42.0 Å². The summed E-state index contributed by atoms with van der Waals surface area (Å²) in [5.41, 5.74) is 1.38. The molecule has 2 aromatic carbocycles. The normalized spacial score (nSPS) is 25.5. The first-order valence-corrected chi connectivity index (χ1v) is 17.1. The van der Waals surface area contributed by atoms with Crippen molar-refractivity contribution in [1.29, 1.82) is 0 Å². The lowest BCUT2D eigenvalue weighted by Crippen LogP contribution is -2.58. The summed E-state index contributed by atoms with van der Waals surface area (Å²) in [7, 11) is 3.01. The van der Waals surface area contributed by atoms with E-state index in [1.165, 1.54) is 45.2 Å². The number of hydrogen-bond donors (Lipinski definition) is 4. The molecule has 0 spiro atoms. The van der Waals surface area contributed by atoms with Crippen LogP contribution >= 0.6 is 0 Å². The van der Waals surface area contributed by atoms with Gasteiger partial charge in [-0.25, -0.2) is 4.98 Å². The highest BCUT2D eigenvalue weighted by Gasteiger charge is 2.50. The van der Waals surface area contributed by atoms with E-state index in [0.717, 1.165) is 67.5 Å². The summed E-state index contributed by atoms with van der Waals surface area (Å²) in [5.74, 6) is 3.31. The molecule has 1 saturated heterocycles. The predicted molar refractivity (Wildman–Crippen MR) is 180 cm³/mol. The average molecular weight is 664 g/mol. The maximum atomic E-state index is 14.0. The third kappa shape index (κ3) is 6.51. The highest BCUT2D eigenvalue weighted by Crippen LogP contribution is 2.55. The Bertz CT molecular complexity index is 1630. The minimum atomic E-state index is -4.73. The minimum Gasteiger partial charge on any atom is -0.494 e. The van der Waals surface area contributed by atoms with Crippen LogP contribution in [0, 0.1) is 30.6 Å². The van der Waals surface area contributed by atoms with Crippen molar-refractivity contribution < 1.29 is 22.7 Å². The van der Waals surface area contributed by atoms with Crippen molar-refractivity contribution >= 4 is 34.7 Å². The number of carbonyl (C=O) groups is 1.